The molecule has 0 fully saturated rings. The average Bonchev–Trinajstić information content (AvgIpc) is 2.28. The monoisotopic (exact) mass is 258 g/mol. The Morgan fingerprint density at radius 3 is 2.53 bits per heavy atom. The summed E-state index contributed by atoms with van der Waals surface area (Å²) in [5.41, 5.74) is 0. The molecular formula is C13H19FO2S. The fourth-order valence-electron chi connectivity index (χ4n) is 1.35. The molecular weight excluding hydrogens is 239 g/mol. The molecule has 0 unspecified atom stereocenters. The van der Waals surface area contributed by atoms with E-state index in [9.17, 15) is 4.39 Å². The number of thioether (sulfide) groups is 1. The third-order valence-corrected chi connectivity index (χ3v) is 2.81. The molecule has 0 aromatic heterocycles. The van der Waals surface area contributed by atoms with Crippen LogP contribution in [0.4, 0.5) is 4.39 Å². The van der Waals surface area contributed by atoms with Gasteiger partial charge in [0.05, 0.1) is 18.1 Å². The minimum atomic E-state index is -0.295. The maximum atomic E-state index is 13.4. The Morgan fingerprint density at radius 2 is 2.00 bits per heavy atom. The van der Waals surface area contributed by atoms with Crippen LogP contribution in [0.3, 0.4) is 0 Å². The molecule has 0 atom stereocenters. The predicted octanol–water partition coefficient (Wildman–Crippen LogP) is 3.98. The molecule has 1 rings (SSSR count). The van der Waals surface area contributed by atoms with Gasteiger partial charge in [0, 0.05) is 6.07 Å². The van der Waals surface area contributed by atoms with Gasteiger partial charge in [0.25, 0.3) is 0 Å². The van der Waals surface area contributed by atoms with Crippen LogP contribution in [0, 0.1) is 11.7 Å². The zero-order valence-electron chi connectivity index (χ0n) is 10.7. The lowest BCUT2D eigenvalue weighted by atomic mass is 10.2. The third-order valence-electron chi connectivity index (χ3n) is 2.07. The zero-order chi connectivity index (χ0) is 12.8. The standard InChI is InChI=1S/C13H19FO2S/c1-5-15-13-11(16-8-9(2)3)6-10(14)7-12(13)17-4/h6-7,9H,5,8H2,1-4H3. The Balaban J connectivity index is 3.02. The van der Waals surface area contributed by atoms with Crippen molar-refractivity contribution in [1.29, 1.82) is 0 Å². The number of hydrogen-bond acceptors (Lipinski definition) is 3. The number of rotatable bonds is 6. The van der Waals surface area contributed by atoms with Gasteiger partial charge in [-0.3, -0.25) is 0 Å². The first-order chi connectivity index (χ1) is 8.08. The van der Waals surface area contributed by atoms with E-state index in [1.807, 2.05) is 13.2 Å². The van der Waals surface area contributed by atoms with Crippen molar-refractivity contribution in [3.05, 3.63) is 17.9 Å². The Hall–Kier alpha value is -0.900. The van der Waals surface area contributed by atoms with E-state index in [4.69, 9.17) is 9.47 Å². The van der Waals surface area contributed by atoms with Crippen molar-refractivity contribution in [2.45, 2.75) is 25.7 Å². The summed E-state index contributed by atoms with van der Waals surface area (Å²) in [6.07, 6.45) is 1.89. The Labute approximate surface area is 107 Å². The van der Waals surface area contributed by atoms with Gasteiger partial charge in [-0.05, 0) is 25.2 Å². The maximum Gasteiger partial charge on any atom is 0.174 e. The number of ether oxygens (including phenoxy) is 2. The lowest BCUT2D eigenvalue weighted by molar-refractivity contribution is 0.243. The first-order valence-electron chi connectivity index (χ1n) is 5.71. The highest BCUT2D eigenvalue weighted by atomic mass is 32.2. The highest BCUT2D eigenvalue weighted by Crippen LogP contribution is 2.38. The summed E-state index contributed by atoms with van der Waals surface area (Å²) in [4.78, 5) is 0.769. The van der Waals surface area contributed by atoms with E-state index < -0.39 is 0 Å². The molecule has 17 heavy (non-hydrogen) atoms. The minimum absolute atomic E-state index is 0.295. The van der Waals surface area contributed by atoms with E-state index in [0.29, 0.717) is 30.6 Å². The van der Waals surface area contributed by atoms with Crippen LogP contribution in [0.15, 0.2) is 17.0 Å². The molecule has 0 spiro atoms. The molecule has 0 saturated heterocycles. The molecule has 0 N–H and O–H groups in total. The largest absolute Gasteiger partial charge is 0.489 e. The summed E-state index contributed by atoms with van der Waals surface area (Å²) >= 11 is 1.45. The van der Waals surface area contributed by atoms with Gasteiger partial charge in [-0.1, -0.05) is 13.8 Å². The normalized spacial score (nSPS) is 10.7. The second-order valence-electron chi connectivity index (χ2n) is 4.07. The average molecular weight is 258 g/mol. The van der Waals surface area contributed by atoms with Gasteiger partial charge < -0.3 is 9.47 Å². The van der Waals surface area contributed by atoms with Gasteiger partial charge in [0.15, 0.2) is 11.5 Å². The van der Waals surface area contributed by atoms with E-state index >= 15 is 0 Å². The molecule has 0 bridgehead atoms. The number of halogens is 1. The maximum absolute atomic E-state index is 13.4. The van der Waals surface area contributed by atoms with Crippen LogP contribution in [-0.4, -0.2) is 19.5 Å². The Kier molecular flexibility index (Phi) is 5.62. The van der Waals surface area contributed by atoms with Crippen LogP contribution >= 0.6 is 11.8 Å². The van der Waals surface area contributed by atoms with Gasteiger partial charge in [-0.2, -0.15) is 0 Å². The molecule has 0 saturated carbocycles. The molecule has 0 aliphatic rings. The molecule has 0 heterocycles. The smallest absolute Gasteiger partial charge is 0.174 e. The molecule has 0 aliphatic heterocycles. The quantitative estimate of drug-likeness (QED) is 0.719. The lowest BCUT2D eigenvalue weighted by Crippen LogP contribution is -2.07. The SMILES string of the molecule is CCOc1c(OCC(C)C)cc(F)cc1SC. The topological polar surface area (TPSA) is 18.5 Å². The minimum Gasteiger partial charge on any atom is -0.489 e. The van der Waals surface area contributed by atoms with Crippen molar-refractivity contribution in [2.24, 2.45) is 5.92 Å². The molecule has 0 radical (unpaired) electrons. The highest BCUT2D eigenvalue weighted by Gasteiger charge is 2.13. The third kappa shape index (κ3) is 4.11. The molecule has 1 aromatic carbocycles. The highest BCUT2D eigenvalue weighted by molar-refractivity contribution is 7.98. The van der Waals surface area contributed by atoms with Gasteiger partial charge >= 0.3 is 0 Å². The Morgan fingerprint density at radius 1 is 1.29 bits per heavy atom. The summed E-state index contributed by atoms with van der Waals surface area (Å²) in [5.74, 6) is 1.23. The van der Waals surface area contributed by atoms with Crippen LogP contribution in [0.25, 0.3) is 0 Å². The van der Waals surface area contributed by atoms with Crippen LogP contribution < -0.4 is 9.47 Å². The zero-order valence-corrected chi connectivity index (χ0v) is 11.6. The summed E-state index contributed by atoms with van der Waals surface area (Å²) < 4.78 is 24.5. The summed E-state index contributed by atoms with van der Waals surface area (Å²) in [5, 5.41) is 0. The van der Waals surface area contributed by atoms with Crippen molar-refractivity contribution < 1.29 is 13.9 Å². The fourth-order valence-corrected chi connectivity index (χ4v) is 1.92. The van der Waals surface area contributed by atoms with Crippen molar-refractivity contribution in [1.82, 2.24) is 0 Å². The van der Waals surface area contributed by atoms with Gasteiger partial charge in [-0.15, -0.1) is 11.8 Å². The van der Waals surface area contributed by atoms with Crippen LogP contribution in [-0.2, 0) is 0 Å². The second-order valence-corrected chi connectivity index (χ2v) is 4.92. The van der Waals surface area contributed by atoms with Gasteiger partial charge in [0.1, 0.15) is 5.82 Å². The number of hydrogen-bond donors (Lipinski definition) is 0. The van der Waals surface area contributed by atoms with Crippen LogP contribution in [0.5, 0.6) is 11.5 Å². The predicted molar refractivity (Wildman–Crippen MR) is 69.7 cm³/mol. The van der Waals surface area contributed by atoms with Crippen molar-refractivity contribution in [3.63, 3.8) is 0 Å². The first kappa shape index (κ1) is 14.2. The van der Waals surface area contributed by atoms with Gasteiger partial charge in [-0.25, -0.2) is 4.39 Å². The molecule has 2 nitrogen and oxygen atoms in total. The number of benzene rings is 1. The summed E-state index contributed by atoms with van der Waals surface area (Å²) in [7, 11) is 0. The summed E-state index contributed by atoms with van der Waals surface area (Å²) in [6.45, 7) is 7.10. The molecule has 4 heteroatoms. The van der Waals surface area contributed by atoms with E-state index in [0.717, 1.165) is 4.90 Å². The molecule has 96 valence electrons. The molecule has 0 aliphatic carbocycles. The fraction of sp³-hybridized carbons (Fsp3) is 0.538. The van der Waals surface area contributed by atoms with Crippen molar-refractivity contribution in [2.75, 3.05) is 19.5 Å². The second kappa shape index (κ2) is 6.74. The summed E-state index contributed by atoms with van der Waals surface area (Å²) in [6, 6.07) is 2.85. The Bertz CT molecular complexity index is 367. The van der Waals surface area contributed by atoms with Crippen LogP contribution in [0.2, 0.25) is 0 Å². The van der Waals surface area contributed by atoms with Crippen molar-refractivity contribution in [3.8, 4) is 11.5 Å². The van der Waals surface area contributed by atoms with E-state index in [-0.39, 0.29) is 5.82 Å². The van der Waals surface area contributed by atoms with Gasteiger partial charge in [0.2, 0.25) is 0 Å². The van der Waals surface area contributed by atoms with E-state index in [2.05, 4.69) is 13.8 Å². The first-order valence-corrected chi connectivity index (χ1v) is 6.94. The van der Waals surface area contributed by atoms with Crippen LogP contribution in [0.1, 0.15) is 20.8 Å². The lowest BCUT2D eigenvalue weighted by Gasteiger charge is -2.16. The van der Waals surface area contributed by atoms with E-state index in [1.54, 1.807) is 0 Å². The molecule has 1 aromatic rings. The van der Waals surface area contributed by atoms with Crippen molar-refractivity contribution >= 4 is 11.8 Å². The van der Waals surface area contributed by atoms with E-state index in [1.165, 1.54) is 23.9 Å². The molecule has 0 amide bonds.